The lowest BCUT2D eigenvalue weighted by molar-refractivity contribution is 0.102. The normalized spacial score (nSPS) is 11.0. The van der Waals surface area contributed by atoms with E-state index in [4.69, 9.17) is 8.83 Å². The third-order valence-corrected chi connectivity index (χ3v) is 5.86. The van der Waals surface area contributed by atoms with Crippen LogP contribution < -0.4 is 0 Å². The molecule has 0 aliphatic rings. The van der Waals surface area contributed by atoms with Crippen molar-refractivity contribution >= 4 is 44.8 Å². The zero-order valence-corrected chi connectivity index (χ0v) is 16.3. The highest BCUT2D eigenvalue weighted by Crippen LogP contribution is 2.31. The molecule has 0 aliphatic carbocycles. The molecule has 4 aromatic rings. The van der Waals surface area contributed by atoms with Gasteiger partial charge in [-0.05, 0) is 52.3 Å². The van der Waals surface area contributed by atoms with Crippen LogP contribution in [0.15, 0.2) is 66.7 Å². The maximum Gasteiger partial charge on any atom is 0.210 e. The van der Waals surface area contributed by atoms with Gasteiger partial charge in [0.2, 0.25) is 5.16 Å². The van der Waals surface area contributed by atoms with Crippen molar-refractivity contribution in [3.05, 3.63) is 57.6 Å². The number of ketones is 1. The molecule has 4 rings (SSSR count). The fourth-order valence-electron chi connectivity index (χ4n) is 2.20. The maximum atomic E-state index is 12.3. The van der Waals surface area contributed by atoms with Crippen LogP contribution in [-0.4, -0.2) is 26.7 Å². The first kappa shape index (κ1) is 17.2. The van der Waals surface area contributed by atoms with Gasteiger partial charge in [-0.2, -0.15) is 0 Å². The molecular formula is C17H10BrN3O3S2. The van der Waals surface area contributed by atoms with Crippen LogP contribution in [0.1, 0.15) is 9.67 Å². The van der Waals surface area contributed by atoms with Crippen LogP contribution in [-0.2, 0) is 0 Å². The molecule has 0 radical (unpaired) electrons. The molecule has 130 valence electrons. The van der Waals surface area contributed by atoms with Gasteiger partial charge in [-0.3, -0.25) is 4.79 Å². The molecule has 6 nitrogen and oxygen atoms in total. The lowest BCUT2D eigenvalue weighted by atomic mass is 10.2. The molecule has 0 bridgehead atoms. The van der Waals surface area contributed by atoms with Crippen LogP contribution in [0.5, 0.6) is 0 Å². The standard InChI is InChI=1S/C17H10BrN3O3S2/c18-14-6-5-13(26-14)10(22)9-25-17-19-15(11-3-1-7-23-11)16(20-21-17)12-4-2-8-24-12/h1-8H,9H2. The van der Waals surface area contributed by atoms with Gasteiger partial charge in [0.1, 0.15) is 5.69 Å². The summed E-state index contributed by atoms with van der Waals surface area (Å²) in [5, 5.41) is 8.75. The summed E-state index contributed by atoms with van der Waals surface area (Å²) in [6.45, 7) is 0. The Kier molecular flexibility index (Phi) is 5.00. The van der Waals surface area contributed by atoms with Crippen LogP contribution in [0.25, 0.3) is 22.9 Å². The summed E-state index contributed by atoms with van der Waals surface area (Å²) >= 11 is 6.00. The largest absolute Gasteiger partial charge is 0.463 e. The van der Waals surface area contributed by atoms with E-state index < -0.39 is 0 Å². The van der Waals surface area contributed by atoms with E-state index in [-0.39, 0.29) is 11.5 Å². The van der Waals surface area contributed by atoms with E-state index in [9.17, 15) is 4.79 Å². The van der Waals surface area contributed by atoms with E-state index in [0.717, 1.165) is 3.79 Å². The van der Waals surface area contributed by atoms with Gasteiger partial charge in [-0.1, -0.05) is 11.8 Å². The smallest absolute Gasteiger partial charge is 0.210 e. The Bertz CT molecular complexity index is 1030. The predicted octanol–water partition coefficient (Wildman–Crippen LogP) is 5.19. The summed E-state index contributed by atoms with van der Waals surface area (Å²) in [4.78, 5) is 17.5. The number of Topliss-reactive ketones (excluding diaryl/α,β-unsaturated/α-hetero) is 1. The number of furan rings is 2. The van der Waals surface area contributed by atoms with Crippen molar-refractivity contribution < 1.29 is 13.6 Å². The summed E-state index contributed by atoms with van der Waals surface area (Å²) < 4.78 is 11.8. The molecule has 0 amide bonds. The Morgan fingerprint density at radius 3 is 2.38 bits per heavy atom. The monoisotopic (exact) mass is 447 g/mol. The van der Waals surface area contributed by atoms with Gasteiger partial charge in [0.25, 0.3) is 0 Å². The fourth-order valence-corrected chi connectivity index (χ4v) is 4.29. The maximum absolute atomic E-state index is 12.3. The third kappa shape index (κ3) is 3.64. The molecule has 0 aromatic carbocycles. The first-order valence-electron chi connectivity index (χ1n) is 7.44. The van der Waals surface area contributed by atoms with Crippen LogP contribution in [0, 0.1) is 0 Å². The van der Waals surface area contributed by atoms with Crippen molar-refractivity contribution in [1.82, 2.24) is 15.2 Å². The number of rotatable bonds is 6. The van der Waals surface area contributed by atoms with E-state index in [1.165, 1.54) is 23.1 Å². The van der Waals surface area contributed by atoms with Crippen LogP contribution >= 0.6 is 39.0 Å². The van der Waals surface area contributed by atoms with Crippen molar-refractivity contribution in [2.75, 3.05) is 5.75 Å². The van der Waals surface area contributed by atoms with Crippen molar-refractivity contribution in [2.45, 2.75) is 5.16 Å². The summed E-state index contributed by atoms with van der Waals surface area (Å²) in [7, 11) is 0. The van der Waals surface area contributed by atoms with E-state index >= 15 is 0 Å². The predicted molar refractivity (Wildman–Crippen MR) is 102 cm³/mol. The molecule has 0 saturated heterocycles. The molecule has 0 unspecified atom stereocenters. The van der Waals surface area contributed by atoms with E-state index in [1.54, 1.807) is 42.9 Å². The molecule has 0 atom stereocenters. The second-order valence-corrected chi connectivity index (χ2v) is 8.47. The fraction of sp³-hybridized carbons (Fsp3) is 0.0588. The summed E-state index contributed by atoms with van der Waals surface area (Å²) in [5.74, 6) is 1.35. The van der Waals surface area contributed by atoms with Crippen LogP contribution in [0.3, 0.4) is 0 Å². The molecule has 0 spiro atoms. The second kappa shape index (κ2) is 7.56. The second-order valence-electron chi connectivity index (χ2n) is 5.06. The molecule has 0 aliphatic heterocycles. The van der Waals surface area contributed by atoms with Crippen LogP contribution in [0.4, 0.5) is 0 Å². The van der Waals surface area contributed by atoms with Gasteiger partial charge >= 0.3 is 0 Å². The highest BCUT2D eigenvalue weighted by molar-refractivity contribution is 9.11. The number of thioether (sulfide) groups is 1. The number of hydrogen-bond donors (Lipinski definition) is 0. The highest BCUT2D eigenvalue weighted by atomic mass is 79.9. The average Bonchev–Trinajstić information content (AvgIpc) is 3.40. The summed E-state index contributed by atoms with van der Waals surface area (Å²) in [6.07, 6.45) is 3.12. The Labute approximate surface area is 164 Å². The first-order chi connectivity index (χ1) is 12.7. The summed E-state index contributed by atoms with van der Waals surface area (Å²) in [5.41, 5.74) is 1.01. The van der Waals surface area contributed by atoms with Crippen LogP contribution in [0.2, 0.25) is 0 Å². The lowest BCUT2D eigenvalue weighted by Crippen LogP contribution is -2.03. The minimum absolute atomic E-state index is 0.0176. The third-order valence-electron chi connectivity index (χ3n) is 3.36. The topological polar surface area (TPSA) is 82.0 Å². The van der Waals surface area contributed by atoms with E-state index in [1.807, 2.05) is 6.07 Å². The minimum atomic E-state index is 0.0176. The van der Waals surface area contributed by atoms with Gasteiger partial charge in [0, 0.05) is 0 Å². The molecule has 0 saturated carbocycles. The Morgan fingerprint density at radius 2 is 1.77 bits per heavy atom. The molecule has 0 fully saturated rings. The summed E-state index contributed by atoms with van der Waals surface area (Å²) in [6, 6.07) is 10.8. The van der Waals surface area contributed by atoms with Crippen molar-refractivity contribution in [1.29, 1.82) is 0 Å². The number of aromatic nitrogens is 3. The lowest BCUT2D eigenvalue weighted by Gasteiger charge is -2.05. The quantitative estimate of drug-likeness (QED) is 0.297. The molecule has 4 aromatic heterocycles. The molecule has 26 heavy (non-hydrogen) atoms. The number of hydrogen-bond acceptors (Lipinski definition) is 8. The van der Waals surface area contributed by atoms with Crippen molar-refractivity contribution in [2.24, 2.45) is 0 Å². The minimum Gasteiger partial charge on any atom is -0.463 e. The van der Waals surface area contributed by atoms with Gasteiger partial charge in [0.05, 0.1) is 26.9 Å². The molecular weight excluding hydrogens is 438 g/mol. The van der Waals surface area contributed by atoms with Gasteiger partial charge < -0.3 is 8.83 Å². The van der Waals surface area contributed by atoms with Crippen molar-refractivity contribution in [3.63, 3.8) is 0 Å². The van der Waals surface area contributed by atoms with Gasteiger partial charge in [0.15, 0.2) is 23.0 Å². The van der Waals surface area contributed by atoms with Gasteiger partial charge in [-0.25, -0.2) is 4.98 Å². The van der Waals surface area contributed by atoms with Gasteiger partial charge in [-0.15, -0.1) is 21.5 Å². The molecule has 0 N–H and O–H groups in total. The first-order valence-corrected chi connectivity index (χ1v) is 10.0. The van der Waals surface area contributed by atoms with E-state index in [0.29, 0.717) is 32.9 Å². The number of nitrogens with zero attached hydrogens (tertiary/aromatic N) is 3. The molecule has 4 heterocycles. The zero-order valence-electron chi connectivity index (χ0n) is 13.1. The zero-order chi connectivity index (χ0) is 17.9. The average molecular weight is 448 g/mol. The number of halogens is 1. The SMILES string of the molecule is O=C(CSc1nnc(-c2ccco2)c(-c2ccco2)n1)c1ccc(Br)s1. The Balaban J connectivity index is 1.60. The molecule has 9 heteroatoms. The number of carbonyl (C=O) groups is 1. The van der Waals surface area contributed by atoms with Crippen molar-refractivity contribution in [3.8, 4) is 22.9 Å². The number of thiophene rings is 1. The Morgan fingerprint density at radius 1 is 1.04 bits per heavy atom. The number of carbonyl (C=O) groups excluding carboxylic acids is 1. The van der Waals surface area contributed by atoms with E-state index in [2.05, 4.69) is 31.1 Å². The Hall–Kier alpha value is -2.23. The highest BCUT2D eigenvalue weighted by Gasteiger charge is 2.18.